The Labute approximate surface area is 188 Å². The summed E-state index contributed by atoms with van der Waals surface area (Å²) in [5.74, 6) is 1.71. The lowest BCUT2D eigenvalue weighted by molar-refractivity contribution is -0.132. The van der Waals surface area contributed by atoms with Crippen molar-refractivity contribution in [1.82, 2.24) is 10.2 Å². The molecular formula is C24H30N2O6. The van der Waals surface area contributed by atoms with Crippen molar-refractivity contribution in [2.45, 2.75) is 38.3 Å². The predicted octanol–water partition coefficient (Wildman–Crippen LogP) is 2.78. The largest absolute Gasteiger partial charge is 0.497 e. The standard InChI is InChI=1S/C24H30N2O6/c1-4-31-20-9-11-21(12-10-20)32-16-18(27)15-26-22(28)24(2,25-23(26)29)14-13-17-5-7-19(30-3)8-6-17/h5-12,18,27H,4,13-16H2,1-3H3,(H,25,29). The van der Waals surface area contributed by atoms with Crippen molar-refractivity contribution in [1.29, 1.82) is 0 Å². The Morgan fingerprint density at radius 3 is 2.19 bits per heavy atom. The fourth-order valence-electron chi connectivity index (χ4n) is 3.52. The van der Waals surface area contributed by atoms with Gasteiger partial charge in [0.1, 0.15) is 35.5 Å². The van der Waals surface area contributed by atoms with E-state index in [4.69, 9.17) is 14.2 Å². The normalized spacial score (nSPS) is 18.9. The van der Waals surface area contributed by atoms with Crippen LogP contribution in [0.1, 0.15) is 25.8 Å². The van der Waals surface area contributed by atoms with Gasteiger partial charge in [0.25, 0.3) is 5.91 Å². The Balaban J connectivity index is 1.51. The van der Waals surface area contributed by atoms with Crippen LogP contribution in [0.3, 0.4) is 0 Å². The number of nitrogens with one attached hydrogen (secondary N) is 1. The first-order valence-electron chi connectivity index (χ1n) is 10.7. The fraction of sp³-hybridized carbons (Fsp3) is 0.417. The van der Waals surface area contributed by atoms with E-state index in [1.54, 1.807) is 38.3 Å². The lowest BCUT2D eigenvalue weighted by Gasteiger charge is -2.22. The van der Waals surface area contributed by atoms with E-state index in [0.717, 1.165) is 22.0 Å². The van der Waals surface area contributed by atoms with Gasteiger partial charge in [-0.05, 0) is 68.7 Å². The summed E-state index contributed by atoms with van der Waals surface area (Å²) < 4.78 is 16.1. The van der Waals surface area contributed by atoms with Crippen LogP contribution in [0, 0.1) is 0 Å². The summed E-state index contributed by atoms with van der Waals surface area (Å²) in [6, 6.07) is 14.1. The number of carbonyl (C=O) groups is 2. The van der Waals surface area contributed by atoms with Crippen LogP contribution in [0.5, 0.6) is 17.2 Å². The summed E-state index contributed by atoms with van der Waals surface area (Å²) in [5.41, 5.74) is 0.0171. The third-order valence-corrected chi connectivity index (χ3v) is 5.39. The number of benzene rings is 2. The van der Waals surface area contributed by atoms with Crippen LogP contribution >= 0.6 is 0 Å². The molecule has 1 saturated heterocycles. The Bertz CT molecular complexity index is 915. The molecule has 8 nitrogen and oxygen atoms in total. The van der Waals surface area contributed by atoms with E-state index in [9.17, 15) is 14.7 Å². The molecule has 3 rings (SSSR count). The summed E-state index contributed by atoms with van der Waals surface area (Å²) in [7, 11) is 1.61. The summed E-state index contributed by atoms with van der Waals surface area (Å²) >= 11 is 0. The zero-order valence-electron chi connectivity index (χ0n) is 18.7. The number of methoxy groups -OCH3 is 1. The van der Waals surface area contributed by atoms with Crippen LogP contribution in [-0.2, 0) is 11.2 Å². The van der Waals surface area contributed by atoms with E-state index in [2.05, 4.69) is 5.32 Å². The number of carbonyl (C=O) groups excluding carboxylic acids is 2. The van der Waals surface area contributed by atoms with Gasteiger partial charge in [0, 0.05) is 0 Å². The van der Waals surface area contributed by atoms with Gasteiger partial charge in [-0.1, -0.05) is 12.1 Å². The summed E-state index contributed by atoms with van der Waals surface area (Å²) in [6.45, 7) is 4.00. The highest BCUT2D eigenvalue weighted by molar-refractivity contribution is 6.06. The van der Waals surface area contributed by atoms with Gasteiger partial charge >= 0.3 is 6.03 Å². The molecule has 2 unspecified atom stereocenters. The van der Waals surface area contributed by atoms with E-state index in [1.165, 1.54) is 0 Å². The molecule has 0 aromatic heterocycles. The lowest BCUT2D eigenvalue weighted by atomic mass is 9.93. The first kappa shape index (κ1) is 23.4. The number of aryl methyl sites for hydroxylation is 1. The first-order chi connectivity index (χ1) is 15.3. The zero-order valence-corrected chi connectivity index (χ0v) is 18.7. The Morgan fingerprint density at radius 2 is 1.59 bits per heavy atom. The van der Waals surface area contributed by atoms with Crippen molar-refractivity contribution in [2.75, 3.05) is 26.9 Å². The zero-order chi connectivity index (χ0) is 23.1. The van der Waals surface area contributed by atoms with E-state index in [0.29, 0.717) is 25.2 Å². The van der Waals surface area contributed by atoms with E-state index in [1.807, 2.05) is 31.2 Å². The second kappa shape index (κ2) is 10.4. The average molecular weight is 443 g/mol. The van der Waals surface area contributed by atoms with Crippen molar-refractivity contribution in [3.63, 3.8) is 0 Å². The number of nitrogens with zero attached hydrogens (tertiary/aromatic N) is 1. The molecular weight excluding hydrogens is 412 g/mol. The Hall–Kier alpha value is -3.26. The summed E-state index contributed by atoms with van der Waals surface area (Å²) in [4.78, 5) is 26.4. The van der Waals surface area contributed by atoms with Gasteiger partial charge in [0.05, 0.1) is 20.3 Å². The molecule has 2 aromatic rings. The molecule has 2 aromatic carbocycles. The molecule has 0 saturated carbocycles. The molecule has 1 heterocycles. The molecule has 2 N–H and O–H groups in total. The van der Waals surface area contributed by atoms with Crippen LogP contribution in [0.2, 0.25) is 0 Å². The maximum Gasteiger partial charge on any atom is 0.325 e. The smallest absolute Gasteiger partial charge is 0.325 e. The summed E-state index contributed by atoms with van der Waals surface area (Å²) in [6.07, 6.45) is 0.0448. The van der Waals surface area contributed by atoms with Gasteiger partial charge in [0.2, 0.25) is 0 Å². The Morgan fingerprint density at radius 1 is 1.00 bits per heavy atom. The maximum atomic E-state index is 12.9. The SMILES string of the molecule is CCOc1ccc(OCC(O)CN2C(=O)NC(C)(CCc3ccc(OC)cc3)C2=O)cc1. The van der Waals surface area contributed by atoms with Crippen LogP contribution in [0.4, 0.5) is 4.79 Å². The van der Waals surface area contributed by atoms with Crippen molar-refractivity contribution in [2.24, 2.45) is 0 Å². The van der Waals surface area contributed by atoms with E-state index in [-0.39, 0.29) is 19.1 Å². The minimum atomic E-state index is -1.02. The quantitative estimate of drug-likeness (QED) is 0.520. The third-order valence-electron chi connectivity index (χ3n) is 5.39. The highest BCUT2D eigenvalue weighted by atomic mass is 16.5. The molecule has 1 aliphatic heterocycles. The van der Waals surface area contributed by atoms with Gasteiger partial charge in [-0.3, -0.25) is 9.69 Å². The van der Waals surface area contributed by atoms with Crippen LogP contribution in [-0.4, -0.2) is 60.5 Å². The van der Waals surface area contributed by atoms with Gasteiger partial charge in [0.15, 0.2) is 0 Å². The van der Waals surface area contributed by atoms with Crippen LogP contribution < -0.4 is 19.5 Å². The summed E-state index contributed by atoms with van der Waals surface area (Å²) in [5, 5.41) is 13.1. The number of hydrogen-bond acceptors (Lipinski definition) is 6. The van der Waals surface area contributed by atoms with Crippen molar-refractivity contribution >= 4 is 11.9 Å². The van der Waals surface area contributed by atoms with Gasteiger partial charge < -0.3 is 24.6 Å². The van der Waals surface area contributed by atoms with Crippen LogP contribution in [0.25, 0.3) is 0 Å². The van der Waals surface area contributed by atoms with Gasteiger partial charge in [-0.15, -0.1) is 0 Å². The fourth-order valence-corrected chi connectivity index (χ4v) is 3.52. The first-order valence-corrected chi connectivity index (χ1v) is 10.7. The molecule has 0 bridgehead atoms. The lowest BCUT2D eigenvalue weighted by Crippen LogP contribution is -2.45. The topological polar surface area (TPSA) is 97.3 Å². The molecule has 3 amide bonds. The number of rotatable bonds is 11. The van der Waals surface area contributed by atoms with E-state index >= 15 is 0 Å². The van der Waals surface area contributed by atoms with Crippen LogP contribution in [0.15, 0.2) is 48.5 Å². The number of amides is 3. The second-order valence-electron chi connectivity index (χ2n) is 7.90. The molecule has 0 aliphatic carbocycles. The number of β-amino-alcohol motifs (C(OH)–C–C–N with tert-alkyl or cyclic N) is 1. The molecule has 32 heavy (non-hydrogen) atoms. The average Bonchev–Trinajstić information content (AvgIpc) is 3.01. The monoisotopic (exact) mass is 442 g/mol. The molecule has 172 valence electrons. The van der Waals surface area contributed by atoms with Crippen molar-refractivity contribution in [3.05, 3.63) is 54.1 Å². The van der Waals surface area contributed by atoms with E-state index < -0.39 is 17.7 Å². The molecule has 1 aliphatic rings. The predicted molar refractivity (Wildman–Crippen MR) is 119 cm³/mol. The number of urea groups is 1. The second-order valence-corrected chi connectivity index (χ2v) is 7.90. The number of ether oxygens (including phenoxy) is 3. The third kappa shape index (κ3) is 5.70. The highest BCUT2D eigenvalue weighted by Gasteiger charge is 2.47. The highest BCUT2D eigenvalue weighted by Crippen LogP contribution is 2.24. The van der Waals surface area contributed by atoms with Crippen molar-refractivity contribution < 1.29 is 28.9 Å². The maximum absolute atomic E-state index is 12.9. The molecule has 2 atom stereocenters. The van der Waals surface area contributed by atoms with Crippen molar-refractivity contribution in [3.8, 4) is 17.2 Å². The molecule has 0 radical (unpaired) electrons. The number of hydrogen-bond donors (Lipinski definition) is 2. The number of imide groups is 1. The minimum absolute atomic E-state index is 0.0480. The molecule has 8 heteroatoms. The minimum Gasteiger partial charge on any atom is -0.497 e. The van der Waals surface area contributed by atoms with Gasteiger partial charge in [-0.25, -0.2) is 4.79 Å². The molecule has 0 spiro atoms. The molecule has 1 fully saturated rings. The van der Waals surface area contributed by atoms with Gasteiger partial charge in [-0.2, -0.15) is 0 Å². The number of aliphatic hydroxyl groups excluding tert-OH is 1. The Kier molecular flexibility index (Phi) is 7.58. The number of aliphatic hydroxyl groups is 1.